The maximum Gasteiger partial charge on any atom is 0.261 e. The standard InChI is InChI=1S/C6H12F2N2/c1-6(7,8)5-4-9-2-3-10-5/h5,9-10H,2-4H2,1H3. The summed E-state index contributed by atoms with van der Waals surface area (Å²) in [4.78, 5) is 0. The van der Waals surface area contributed by atoms with Crippen molar-refractivity contribution in [1.82, 2.24) is 10.6 Å². The molecule has 2 N–H and O–H groups in total. The van der Waals surface area contributed by atoms with Crippen LogP contribution in [0.25, 0.3) is 0 Å². The van der Waals surface area contributed by atoms with Crippen LogP contribution in [0.2, 0.25) is 0 Å². The second kappa shape index (κ2) is 2.80. The zero-order valence-corrected chi connectivity index (χ0v) is 5.95. The maximum absolute atomic E-state index is 12.5. The average Bonchev–Trinajstić information content (AvgIpc) is 1.88. The summed E-state index contributed by atoms with van der Waals surface area (Å²) in [5, 5.41) is 5.65. The van der Waals surface area contributed by atoms with Crippen LogP contribution in [-0.2, 0) is 0 Å². The smallest absolute Gasteiger partial charge is 0.261 e. The molecule has 1 fully saturated rings. The minimum absolute atomic E-state index is 0.365. The molecule has 4 heteroatoms. The predicted octanol–water partition coefficient (Wildman–Crippen LogP) is 0.203. The van der Waals surface area contributed by atoms with Crippen molar-refractivity contribution in [2.45, 2.75) is 18.9 Å². The number of halogens is 2. The van der Waals surface area contributed by atoms with Crippen LogP contribution in [0.5, 0.6) is 0 Å². The molecule has 60 valence electrons. The third kappa shape index (κ3) is 1.88. The first-order chi connectivity index (χ1) is 4.61. The van der Waals surface area contributed by atoms with Crippen LogP contribution in [0.15, 0.2) is 0 Å². The second-order valence-corrected chi connectivity index (χ2v) is 2.67. The molecule has 2 nitrogen and oxygen atoms in total. The zero-order chi connectivity index (χ0) is 7.61. The van der Waals surface area contributed by atoms with Gasteiger partial charge >= 0.3 is 0 Å². The van der Waals surface area contributed by atoms with Gasteiger partial charge in [-0.05, 0) is 0 Å². The highest BCUT2D eigenvalue weighted by Gasteiger charge is 2.34. The maximum atomic E-state index is 12.5. The van der Waals surface area contributed by atoms with Gasteiger partial charge in [-0.2, -0.15) is 0 Å². The van der Waals surface area contributed by atoms with Crippen LogP contribution in [0, 0.1) is 0 Å². The van der Waals surface area contributed by atoms with Gasteiger partial charge in [0, 0.05) is 26.6 Å². The molecule has 0 aromatic rings. The van der Waals surface area contributed by atoms with E-state index >= 15 is 0 Å². The first kappa shape index (κ1) is 7.88. The van der Waals surface area contributed by atoms with E-state index in [0.29, 0.717) is 13.1 Å². The molecule has 1 atom stereocenters. The van der Waals surface area contributed by atoms with Gasteiger partial charge in [0.2, 0.25) is 0 Å². The summed E-state index contributed by atoms with van der Waals surface area (Å²) in [5.41, 5.74) is 0. The Hall–Kier alpha value is -0.220. The van der Waals surface area contributed by atoms with Crippen LogP contribution in [-0.4, -0.2) is 31.6 Å². The molecule has 0 saturated carbocycles. The monoisotopic (exact) mass is 150 g/mol. The van der Waals surface area contributed by atoms with Gasteiger partial charge < -0.3 is 10.6 Å². The van der Waals surface area contributed by atoms with E-state index in [9.17, 15) is 8.78 Å². The summed E-state index contributed by atoms with van der Waals surface area (Å²) in [6, 6.07) is -0.693. The average molecular weight is 150 g/mol. The molecular weight excluding hydrogens is 138 g/mol. The molecule has 1 rings (SSSR count). The Morgan fingerprint density at radius 1 is 1.40 bits per heavy atom. The van der Waals surface area contributed by atoms with Crippen molar-refractivity contribution >= 4 is 0 Å². The molecule has 0 aromatic heterocycles. The Labute approximate surface area is 59.0 Å². The summed E-state index contributed by atoms with van der Waals surface area (Å²) < 4.78 is 25.0. The first-order valence-corrected chi connectivity index (χ1v) is 3.42. The fraction of sp³-hybridized carbons (Fsp3) is 1.00. The van der Waals surface area contributed by atoms with Crippen molar-refractivity contribution in [1.29, 1.82) is 0 Å². The van der Waals surface area contributed by atoms with Gasteiger partial charge in [0.1, 0.15) is 0 Å². The Balaban J connectivity index is 2.39. The molecule has 0 aliphatic carbocycles. The van der Waals surface area contributed by atoms with Crippen molar-refractivity contribution in [3.8, 4) is 0 Å². The van der Waals surface area contributed by atoms with E-state index < -0.39 is 12.0 Å². The number of nitrogens with one attached hydrogen (secondary N) is 2. The Bertz CT molecular complexity index is 105. The largest absolute Gasteiger partial charge is 0.314 e. The van der Waals surface area contributed by atoms with Crippen LogP contribution in [0.1, 0.15) is 6.92 Å². The number of piperazine rings is 1. The van der Waals surface area contributed by atoms with Crippen LogP contribution in [0.4, 0.5) is 8.78 Å². The molecule has 0 radical (unpaired) electrons. The highest BCUT2D eigenvalue weighted by Crippen LogP contribution is 2.17. The molecule has 0 spiro atoms. The van der Waals surface area contributed by atoms with Crippen LogP contribution in [0.3, 0.4) is 0 Å². The van der Waals surface area contributed by atoms with Gasteiger partial charge in [0.05, 0.1) is 6.04 Å². The third-order valence-corrected chi connectivity index (χ3v) is 1.65. The summed E-state index contributed by atoms with van der Waals surface area (Å²) >= 11 is 0. The van der Waals surface area contributed by atoms with Crippen LogP contribution >= 0.6 is 0 Å². The molecule has 0 bridgehead atoms. The number of rotatable bonds is 1. The quantitative estimate of drug-likeness (QED) is 0.558. The van der Waals surface area contributed by atoms with Gasteiger partial charge in [-0.25, -0.2) is 8.78 Å². The summed E-state index contributed by atoms with van der Waals surface area (Å²) in [5.74, 6) is -2.60. The predicted molar refractivity (Wildman–Crippen MR) is 35.3 cm³/mol. The Kier molecular flexibility index (Phi) is 2.21. The van der Waals surface area contributed by atoms with E-state index in [2.05, 4.69) is 10.6 Å². The van der Waals surface area contributed by atoms with E-state index in [1.165, 1.54) is 0 Å². The van der Waals surface area contributed by atoms with Gasteiger partial charge in [-0.15, -0.1) is 0 Å². The molecule has 1 unspecified atom stereocenters. The summed E-state index contributed by atoms with van der Waals surface area (Å²) in [6.07, 6.45) is 0. The lowest BCUT2D eigenvalue weighted by Gasteiger charge is -2.28. The van der Waals surface area contributed by atoms with E-state index in [4.69, 9.17) is 0 Å². The molecule has 1 saturated heterocycles. The molecule has 1 heterocycles. The molecule has 1 aliphatic heterocycles. The first-order valence-electron chi connectivity index (χ1n) is 3.42. The van der Waals surface area contributed by atoms with Gasteiger partial charge in [-0.1, -0.05) is 0 Å². The van der Waals surface area contributed by atoms with Crippen molar-refractivity contribution in [3.63, 3.8) is 0 Å². The van der Waals surface area contributed by atoms with Crippen molar-refractivity contribution in [2.24, 2.45) is 0 Å². The lowest BCUT2D eigenvalue weighted by molar-refractivity contribution is -0.0218. The fourth-order valence-corrected chi connectivity index (χ4v) is 1.01. The highest BCUT2D eigenvalue weighted by molar-refractivity contribution is 4.84. The molecule has 0 amide bonds. The molecule has 1 aliphatic rings. The van der Waals surface area contributed by atoms with Gasteiger partial charge in [0.15, 0.2) is 0 Å². The summed E-state index contributed by atoms with van der Waals surface area (Å²) in [7, 11) is 0. The van der Waals surface area contributed by atoms with Gasteiger partial charge in [0.25, 0.3) is 5.92 Å². The number of alkyl halides is 2. The van der Waals surface area contributed by atoms with Gasteiger partial charge in [-0.3, -0.25) is 0 Å². The number of hydrogen-bond acceptors (Lipinski definition) is 2. The normalized spacial score (nSPS) is 28.5. The van der Waals surface area contributed by atoms with Crippen molar-refractivity contribution in [2.75, 3.05) is 19.6 Å². The Morgan fingerprint density at radius 3 is 2.40 bits per heavy atom. The van der Waals surface area contributed by atoms with E-state index in [1.807, 2.05) is 0 Å². The minimum Gasteiger partial charge on any atom is -0.314 e. The van der Waals surface area contributed by atoms with E-state index in [0.717, 1.165) is 13.5 Å². The molecular formula is C6H12F2N2. The minimum atomic E-state index is -2.60. The van der Waals surface area contributed by atoms with E-state index in [1.54, 1.807) is 0 Å². The van der Waals surface area contributed by atoms with Crippen LogP contribution < -0.4 is 10.6 Å². The molecule has 0 aromatic carbocycles. The number of hydrogen-bond donors (Lipinski definition) is 2. The Morgan fingerprint density at radius 2 is 2.10 bits per heavy atom. The topological polar surface area (TPSA) is 24.1 Å². The van der Waals surface area contributed by atoms with E-state index in [-0.39, 0.29) is 0 Å². The zero-order valence-electron chi connectivity index (χ0n) is 5.95. The lowest BCUT2D eigenvalue weighted by Crippen LogP contribution is -2.55. The molecule has 10 heavy (non-hydrogen) atoms. The second-order valence-electron chi connectivity index (χ2n) is 2.67. The fourth-order valence-electron chi connectivity index (χ4n) is 1.01. The van der Waals surface area contributed by atoms with Crippen molar-refractivity contribution in [3.05, 3.63) is 0 Å². The highest BCUT2D eigenvalue weighted by atomic mass is 19.3. The SMILES string of the molecule is CC(F)(F)C1CNCCN1. The lowest BCUT2D eigenvalue weighted by atomic mass is 10.1. The third-order valence-electron chi connectivity index (χ3n) is 1.65. The van der Waals surface area contributed by atoms with Crippen molar-refractivity contribution < 1.29 is 8.78 Å². The summed E-state index contributed by atoms with van der Waals surface area (Å²) in [6.45, 7) is 2.72.